The molecule has 1 atom stereocenters. The van der Waals surface area contributed by atoms with Crippen LogP contribution in [-0.4, -0.2) is 32.3 Å². The molecule has 7 nitrogen and oxygen atoms in total. The van der Waals surface area contributed by atoms with Crippen LogP contribution in [0.2, 0.25) is 0 Å². The third-order valence-electron chi connectivity index (χ3n) is 5.29. The van der Waals surface area contributed by atoms with Crippen LogP contribution in [0.15, 0.2) is 42.6 Å². The molecule has 0 bridgehead atoms. The number of halogens is 1. The van der Waals surface area contributed by atoms with E-state index in [1.54, 1.807) is 18.2 Å². The second-order valence-corrected chi connectivity index (χ2v) is 7.37. The molecule has 4 aromatic rings. The molecule has 1 aliphatic rings. The van der Waals surface area contributed by atoms with Crippen molar-refractivity contribution in [1.29, 1.82) is 0 Å². The molecule has 0 spiro atoms. The summed E-state index contributed by atoms with van der Waals surface area (Å²) in [5.74, 6) is 1.03. The normalized spacial score (nSPS) is 15.6. The van der Waals surface area contributed by atoms with Gasteiger partial charge >= 0.3 is 0 Å². The van der Waals surface area contributed by atoms with Gasteiger partial charge in [0, 0.05) is 17.3 Å². The van der Waals surface area contributed by atoms with Crippen LogP contribution in [0.4, 0.5) is 10.3 Å². The molecule has 0 saturated carbocycles. The summed E-state index contributed by atoms with van der Waals surface area (Å²) in [7, 11) is 0. The number of Topliss-reactive ketones (excluding diaryl/α,β-unsaturated/α-hetero) is 1. The van der Waals surface area contributed by atoms with Crippen molar-refractivity contribution in [3.8, 4) is 17.0 Å². The lowest BCUT2D eigenvalue weighted by molar-refractivity contribution is 0.101. The molecule has 150 valence electrons. The van der Waals surface area contributed by atoms with Crippen molar-refractivity contribution in [3.05, 3.63) is 65.4 Å². The zero-order valence-corrected chi connectivity index (χ0v) is 16.1. The number of ether oxygens (including phenoxy) is 1. The van der Waals surface area contributed by atoms with Crippen molar-refractivity contribution >= 4 is 22.8 Å². The molecular formula is C22H18FN5O2. The molecular weight excluding hydrogens is 385 g/mol. The van der Waals surface area contributed by atoms with E-state index in [9.17, 15) is 9.18 Å². The number of nitrogens with two attached hydrogens (primary N) is 1. The number of benzene rings is 2. The van der Waals surface area contributed by atoms with Crippen LogP contribution in [0.1, 0.15) is 34.6 Å². The fraction of sp³-hybridized carbons (Fsp3) is 0.182. The first-order valence-corrected chi connectivity index (χ1v) is 9.52. The lowest BCUT2D eigenvalue weighted by Crippen LogP contribution is -2.20. The Morgan fingerprint density at radius 3 is 2.90 bits per heavy atom. The maximum absolute atomic E-state index is 14.8. The number of hydrogen-bond acceptors (Lipinski definition) is 6. The molecule has 8 heteroatoms. The van der Waals surface area contributed by atoms with Crippen LogP contribution in [0.3, 0.4) is 0 Å². The maximum Gasteiger partial charge on any atom is 0.220 e. The van der Waals surface area contributed by atoms with Crippen LogP contribution >= 0.6 is 0 Å². The molecule has 0 fully saturated rings. The van der Waals surface area contributed by atoms with Gasteiger partial charge in [0.25, 0.3) is 0 Å². The van der Waals surface area contributed by atoms with E-state index in [-0.39, 0.29) is 17.6 Å². The second kappa shape index (κ2) is 6.91. The molecule has 1 aliphatic heterocycles. The molecule has 3 N–H and O–H groups in total. The van der Waals surface area contributed by atoms with Crippen molar-refractivity contribution in [3.63, 3.8) is 0 Å². The van der Waals surface area contributed by atoms with Crippen molar-refractivity contribution in [2.24, 2.45) is 0 Å². The van der Waals surface area contributed by atoms with Gasteiger partial charge in [-0.15, -0.1) is 0 Å². The van der Waals surface area contributed by atoms with Crippen molar-refractivity contribution in [2.45, 2.75) is 19.3 Å². The van der Waals surface area contributed by atoms with Crippen LogP contribution in [0, 0.1) is 5.82 Å². The fourth-order valence-electron chi connectivity index (χ4n) is 3.75. The number of ketones is 1. The Balaban J connectivity index is 1.50. The van der Waals surface area contributed by atoms with E-state index in [0.717, 1.165) is 11.3 Å². The number of aromatic nitrogens is 4. The standard InChI is InChI=1S/C22H18FN5O2/c1-11(29)12-2-3-19-14(6-12)7-15(10-30-19)21-26-18-9-13(8-16(23)20(18)28-21)17-4-5-25-22(24)27-17/h2-6,8-9,15H,7,10H2,1H3,(H,26,28)(H2,24,25,27). The van der Waals surface area contributed by atoms with Gasteiger partial charge in [0.1, 0.15) is 22.9 Å². The zero-order valence-electron chi connectivity index (χ0n) is 16.1. The summed E-state index contributed by atoms with van der Waals surface area (Å²) in [6.45, 7) is 1.96. The van der Waals surface area contributed by atoms with Crippen LogP contribution in [0.5, 0.6) is 5.75 Å². The highest BCUT2D eigenvalue weighted by Crippen LogP contribution is 2.34. The van der Waals surface area contributed by atoms with Crippen LogP contribution < -0.4 is 10.5 Å². The van der Waals surface area contributed by atoms with Gasteiger partial charge in [0.05, 0.1) is 23.7 Å². The average molecular weight is 403 g/mol. The van der Waals surface area contributed by atoms with Crippen molar-refractivity contribution < 1.29 is 13.9 Å². The number of rotatable bonds is 3. The number of fused-ring (bicyclic) bond motifs is 2. The summed E-state index contributed by atoms with van der Waals surface area (Å²) in [5.41, 5.74) is 9.16. The van der Waals surface area contributed by atoms with Gasteiger partial charge in [-0.1, -0.05) is 0 Å². The highest BCUT2D eigenvalue weighted by molar-refractivity contribution is 5.94. The van der Waals surface area contributed by atoms with Crippen molar-refractivity contribution in [1.82, 2.24) is 19.9 Å². The average Bonchev–Trinajstić information content (AvgIpc) is 3.18. The minimum atomic E-state index is -0.422. The van der Waals surface area contributed by atoms with Gasteiger partial charge in [-0.2, -0.15) is 0 Å². The number of carbonyl (C=O) groups is 1. The highest BCUT2D eigenvalue weighted by atomic mass is 19.1. The van der Waals surface area contributed by atoms with E-state index in [0.29, 0.717) is 46.7 Å². The molecule has 1 unspecified atom stereocenters. The molecule has 5 rings (SSSR count). The Bertz CT molecular complexity index is 1300. The van der Waals surface area contributed by atoms with E-state index in [1.165, 1.54) is 19.2 Å². The molecule has 0 amide bonds. The largest absolute Gasteiger partial charge is 0.493 e. The third-order valence-corrected chi connectivity index (χ3v) is 5.29. The lowest BCUT2D eigenvalue weighted by Gasteiger charge is -2.24. The van der Waals surface area contributed by atoms with Gasteiger partial charge in [0.2, 0.25) is 5.95 Å². The predicted octanol–water partition coefficient (Wildman–Crippen LogP) is 3.66. The number of H-pyrrole nitrogens is 1. The van der Waals surface area contributed by atoms with E-state index in [1.807, 2.05) is 12.1 Å². The Morgan fingerprint density at radius 1 is 1.23 bits per heavy atom. The summed E-state index contributed by atoms with van der Waals surface area (Å²) in [5, 5.41) is 0. The van der Waals surface area contributed by atoms with Gasteiger partial charge < -0.3 is 15.5 Å². The van der Waals surface area contributed by atoms with Gasteiger partial charge in [-0.25, -0.2) is 19.3 Å². The number of anilines is 1. The molecule has 0 saturated heterocycles. The number of aromatic amines is 1. The SMILES string of the molecule is CC(=O)c1ccc2c(c1)CC(c1nc3cc(-c4ccnc(N)n4)cc(F)c3[nH]1)CO2. The van der Waals surface area contributed by atoms with Gasteiger partial charge in [-0.3, -0.25) is 4.79 Å². The number of imidazole rings is 1. The quantitative estimate of drug-likeness (QED) is 0.506. The summed E-state index contributed by atoms with van der Waals surface area (Å²) in [4.78, 5) is 27.4. The zero-order chi connectivity index (χ0) is 20.8. The predicted molar refractivity (Wildman–Crippen MR) is 110 cm³/mol. The summed E-state index contributed by atoms with van der Waals surface area (Å²) in [6, 6.07) is 10.3. The first-order chi connectivity index (χ1) is 14.5. The summed E-state index contributed by atoms with van der Waals surface area (Å²) < 4.78 is 20.6. The second-order valence-electron chi connectivity index (χ2n) is 7.37. The molecule has 3 heterocycles. The number of nitrogens with one attached hydrogen (secondary N) is 1. The smallest absolute Gasteiger partial charge is 0.220 e. The number of carbonyl (C=O) groups excluding carboxylic acids is 1. The van der Waals surface area contributed by atoms with E-state index >= 15 is 0 Å². The molecule has 2 aromatic heterocycles. The van der Waals surface area contributed by atoms with E-state index in [2.05, 4.69) is 19.9 Å². The van der Waals surface area contributed by atoms with Crippen LogP contribution in [0.25, 0.3) is 22.3 Å². The first-order valence-electron chi connectivity index (χ1n) is 9.52. The van der Waals surface area contributed by atoms with Gasteiger partial charge in [0.15, 0.2) is 5.78 Å². The van der Waals surface area contributed by atoms with Gasteiger partial charge in [-0.05, 0) is 55.3 Å². The molecule has 0 aliphatic carbocycles. The Hall–Kier alpha value is -3.81. The Kier molecular flexibility index (Phi) is 4.20. The monoisotopic (exact) mass is 403 g/mol. The van der Waals surface area contributed by atoms with E-state index in [4.69, 9.17) is 10.5 Å². The highest BCUT2D eigenvalue weighted by Gasteiger charge is 2.25. The third kappa shape index (κ3) is 3.16. The minimum absolute atomic E-state index is 0.00335. The summed E-state index contributed by atoms with van der Waals surface area (Å²) in [6.07, 6.45) is 2.18. The topological polar surface area (TPSA) is 107 Å². The van der Waals surface area contributed by atoms with Crippen LogP contribution in [-0.2, 0) is 6.42 Å². The minimum Gasteiger partial charge on any atom is -0.493 e. The molecule has 2 aromatic carbocycles. The first kappa shape index (κ1) is 18.2. The number of hydrogen-bond donors (Lipinski definition) is 2. The number of nitrogens with zero attached hydrogens (tertiary/aromatic N) is 3. The summed E-state index contributed by atoms with van der Waals surface area (Å²) >= 11 is 0. The fourth-order valence-corrected chi connectivity index (χ4v) is 3.75. The Morgan fingerprint density at radius 2 is 2.10 bits per heavy atom. The van der Waals surface area contributed by atoms with Crippen molar-refractivity contribution in [2.75, 3.05) is 12.3 Å². The maximum atomic E-state index is 14.8. The number of nitrogen functional groups attached to an aromatic ring is 1. The Labute approximate surface area is 171 Å². The molecule has 30 heavy (non-hydrogen) atoms. The van der Waals surface area contributed by atoms with E-state index < -0.39 is 5.82 Å². The lowest BCUT2D eigenvalue weighted by atomic mass is 9.94. The molecule has 0 radical (unpaired) electrons.